The molecule has 10 heteroatoms. The zero-order chi connectivity index (χ0) is 18.4. The van der Waals surface area contributed by atoms with Crippen LogP contribution in [0.1, 0.15) is 34.1 Å². The molecule has 0 saturated heterocycles. The van der Waals surface area contributed by atoms with Crippen LogP contribution in [0, 0.1) is 0 Å². The van der Waals surface area contributed by atoms with Crippen LogP contribution in [0.15, 0.2) is 0 Å². The maximum atomic E-state index is 11.5. The fourth-order valence-electron chi connectivity index (χ4n) is 1.89. The van der Waals surface area contributed by atoms with Gasteiger partial charge in [0.2, 0.25) is 0 Å². The first-order valence-corrected chi connectivity index (χ1v) is 8.04. The van der Waals surface area contributed by atoms with Crippen LogP contribution in [-0.4, -0.2) is 51.4 Å². The lowest BCUT2D eigenvalue weighted by atomic mass is 10.2. The number of hydrogen-bond acceptors (Lipinski definition) is 8. The number of nitrogens with zero attached hydrogens (tertiary/aromatic N) is 3. The predicted molar refractivity (Wildman–Crippen MR) is 91.6 cm³/mol. The molecule has 138 valence electrons. The maximum absolute atomic E-state index is 11.5. The normalized spacial score (nSPS) is 11.4. The summed E-state index contributed by atoms with van der Waals surface area (Å²) < 4.78 is 15.9. The Hall–Kier alpha value is -2.78. The van der Waals surface area contributed by atoms with Crippen LogP contribution in [0.2, 0.25) is 0 Å². The summed E-state index contributed by atoms with van der Waals surface area (Å²) in [5, 5.41) is 2.64. The second kappa shape index (κ2) is 7.86. The van der Waals surface area contributed by atoms with Crippen molar-refractivity contribution in [3.8, 4) is 12.0 Å². The average Bonchev–Trinajstić information content (AvgIpc) is 2.88. The number of anilines is 1. The van der Waals surface area contributed by atoms with Crippen LogP contribution in [0.5, 0.6) is 12.0 Å². The van der Waals surface area contributed by atoms with Gasteiger partial charge in [-0.15, -0.1) is 0 Å². The molecule has 0 radical (unpaired) electrons. The van der Waals surface area contributed by atoms with Crippen molar-refractivity contribution in [1.29, 1.82) is 0 Å². The third-order valence-electron chi connectivity index (χ3n) is 2.84. The Morgan fingerprint density at radius 1 is 1.24 bits per heavy atom. The number of hydrogen-bond donors (Lipinski definition) is 3. The molecular formula is C15H24N6O4. The van der Waals surface area contributed by atoms with Gasteiger partial charge in [0.15, 0.2) is 11.5 Å². The molecule has 0 aliphatic heterocycles. The predicted octanol–water partition coefficient (Wildman–Crippen LogP) is 1.63. The molecule has 25 heavy (non-hydrogen) atoms. The van der Waals surface area contributed by atoms with Gasteiger partial charge in [-0.05, 0) is 34.1 Å². The number of fused-ring (bicyclic) bond motifs is 1. The van der Waals surface area contributed by atoms with E-state index in [2.05, 4.69) is 25.3 Å². The maximum Gasteiger partial charge on any atom is 0.407 e. The number of aromatic nitrogens is 4. The summed E-state index contributed by atoms with van der Waals surface area (Å²) in [7, 11) is 0. The lowest BCUT2D eigenvalue weighted by Crippen LogP contribution is -2.33. The van der Waals surface area contributed by atoms with Gasteiger partial charge in [-0.3, -0.25) is 0 Å². The van der Waals surface area contributed by atoms with E-state index in [9.17, 15) is 4.79 Å². The third-order valence-corrected chi connectivity index (χ3v) is 2.84. The summed E-state index contributed by atoms with van der Waals surface area (Å²) in [6.45, 7) is 8.45. The van der Waals surface area contributed by atoms with Crippen molar-refractivity contribution in [2.45, 2.75) is 39.7 Å². The number of amides is 1. The van der Waals surface area contributed by atoms with Crippen LogP contribution in [0.25, 0.3) is 11.2 Å². The van der Waals surface area contributed by atoms with Crippen LogP contribution in [0.3, 0.4) is 0 Å². The fraction of sp³-hybridized carbons (Fsp3) is 0.600. The largest absolute Gasteiger partial charge is 0.465 e. The highest BCUT2D eigenvalue weighted by Crippen LogP contribution is 2.21. The zero-order valence-corrected chi connectivity index (χ0v) is 14.9. The van der Waals surface area contributed by atoms with Crippen molar-refractivity contribution in [2.75, 3.05) is 25.5 Å². The number of imidazole rings is 1. The number of alkyl carbamates (subject to hydrolysis) is 1. The molecule has 2 aromatic rings. The van der Waals surface area contributed by atoms with Gasteiger partial charge in [0.25, 0.3) is 6.01 Å². The van der Waals surface area contributed by atoms with Crippen molar-refractivity contribution >= 4 is 23.1 Å². The summed E-state index contributed by atoms with van der Waals surface area (Å²) in [6.07, 6.45) is 0.0973. The Morgan fingerprint density at radius 2 is 2.00 bits per heavy atom. The van der Waals surface area contributed by atoms with Crippen LogP contribution < -0.4 is 20.5 Å². The number of carbonyl (C=O) groups excluding carboxylic acids is 1. The summed E-state index contributed by atoms with van der Waals surface area (Å²) >= 11 is 0. The van der Waals surface area contributed by atoms with Gasteiger partial charge < -0.3 is 30.2 Å². The average molecular weight is 352 g/mol. The molecule has 0 aromatic carbocycles. The van der Waals surface area contributed by atoms with Crippen LogP contribution in [0.4, 0.5) is 10.6 Å². The highest BCUT2D eigenvalue weighted by molar-refractivity contribution is 5.82. The Labute approximate surface area is 145 Å². The highest BCUT2D eigenvalue weighted by Gasteiger charge is 2.15. The molecule has 0 aliphatic carbocycles. The number of ether oxygens (including phenoxy) is 3. The Morgan fingerprint density at radius 3 is 2.68 bits per heavy atom. The molecule has 0 fully saturated rings. The van der Waals surface area contributed by atoms with Gasteiger partial charge in [-0.25, -0.2) is 4.79 Å². The minimum Gasteiger partial charge on any atom is -0.465 e. The number of H-pyrrole nitrogens is 1. The van der Waals surface area contributed by atoms with Crippen molar-refractivity contribution in [1.82, 2.24) is 25.3 Å². The summed E-state index contributed by atoms with van der Waals surface area (Å²) in [6, 6.07) is 0.453. The summed E-state index contributed by atoms with van der Waals surface area (Å²) in [5.41, 5.74) is 6.22. The molecule has 0 saturated carbocycles. The fourth-order valence-corrected chi connectivity index (χ4v) is 1.89. The van der Waals surface area contributed by atoms with E-state index in [1.54, 1.807) is 20.8 Å². The van der Waals surface area contributed by atoms with Gasteiger partial charge in [-0.2, -0.15) is 15.0 Å². The molecule has 0 spiro atoms. The molecule has 10 nitrogen and oxygen atoms in total. The number of rotatable bonds is 7. The van der Waals surface area contributed by atoms with Gasteiger partial charge in [0, 0.05) is 6.54 Å². The first-order chi connectivity index (χ1) is 11.8. The van der Waals surface area contributed by atoms with Gasteiger partial charge >= 0.3 is 12.1 Å². The van der Waals surface area contributed by atoms with Crippen molar-refractivity contribution in [3.63, 3.8) is 0 Å². The standard InChI is InChI=1S/C15H24N6O4/c1-5-23-12-18-9-10(16)19-13(21-11(9)20-12)24-8-6-7-17-14(22)25-15(2,3)4/h5-8H2,1-4H3,(H,17,22)(H3,16,18,19,20,21). The second-order valence-electron chi connectivity index (χ2n) is 6.20. The lowest BCUT2D eigenvalue weighted by Gasteiger charge is -2.19. The molecule has 0 unspecified atom stereocenters. The summed E-state index contributed by atoms with van der Waals surface area (Å²) in [5.74, 6) is 0.227. The SMILES string of the molecule is CCOc1nc2nc(OCCCNC(=O)OC(C)(C)C)nc(N)c2[nH]1. The second-order valence-corrected chi connectivity index (χ2v) is 6.20. The molecular weight excluding hydrogens is 328 g/mol. The number of aromatic amines is 1. The van der Waals surface area contributed by atoms with E-state index in [0.717, 1.165) is 0 Å². The lowest BCUT2D eigenvalue weighted by molar-refractivity contribution is 0.0525. The number of nitrogens with two attached hydrogens (primary N) is 1. The van der Waals surface area contributed by atoms with Gasteiger partial charge in [0.1, 0.15) is 11.1 Å². The topological polar surface area (TPSA) is 137 Å². The molecule has 1 amide bonds. The molecule has 2 heterocycles. The Bertz CT molecular complexity index is 725. The third kappa shape index (κ3) is 5.66. The van der Waals surface area contributed by atoms with Gasteiger partial charge in [-0.1, -0.05) is 0 Å². The molecule has 0 atom stereocenters. The van der Waals surface area contributed by atoms with E-state index >= 15 is 0 Å². The van der Waals surface area contributed by atoms with E-state index < -0.39 is 11.7 Å². The smallest absolute Gasteiger partial charge is 0.407 e. The van der Waals surface area contributed by atoms with E-state index in [1.807, 2.05) is 6.92 Å². The van der Waals surface area contributed by atoms with Crippen LogP contribution in [-0.2, 0) is 4.74 Å². The first kappa shape index (κ1) is 18.6. The molecule has 2 rings (SSSR count). The molecule has 4 N–H and O–H groups in total. The van der Waals surface area contributed by atoms with Crippen molar-refractivity contribution in [2.24, 2.45) is 0 Å². The minimum atomic E-state index is -0.523. The molecule has 0 aliphatic rings. The van der Waals surface area contributed by atoms with E-state index in [0.29, 0.717) is 43.4 Å². The van der Waals surface area contributed by atoms with Crippen LogP contribution >= 0.6 is 0 Å². The number of nitrogens with one attached hydrogen (secondary N) is 2. The van der Waals surface area contributed by atoms with E-state index in [4.69, 9.17) is 19.9 Å². The van der Waals surface area contributed by atoms with Crippen molar-refractivity contribution in [3.05, 3.63) is 0 Å². The Balaban J connectivity index is 1.82. The monoisotopic (exact) mass is 352 g/mol. The van der Waals surface area contributed by atoms with Crippen molar-refractivity contribution < 1.29 is 19.0 Å². The Kier molecular flexibility index (Phi) is 5.84. The van der Waals surface area contributed by atoms with Gasteiger partial charge in [0.05, 0.1) is 13.2 Å². The highest BCUT2D eigenvalue weighted by atomic mass is 16.6. The molecule has 0 bridgehead atoms. The first-order valence-electron chi connectivity index (χ1n) is 8.04. The number of nitrogen functional groups attached to an aromatic ring is 1. The summed E-state index contributed by atoms with van der Waals surface area (Å²) in [4.78, 5) is 26.8. The van der Waals surface area contributed by atoms with E-state index in [1.165, 1.54) is 0 Å². The molecule has 2 aromatic heterocycles. The zero-order valence-electron chi connectivity index (χ0n) is 14.9. The minimum absolute atomic E-state index is 0.122. The number of carbonyl (C=O) groups is 1. The van der Waals surface area contributed by atoms with E-state index in [-0.39, 0.29) is 11.8 Å². The quantitative estimate of drug-likeness (QED) is 0.639.